The Morgan fingerprint density at radius 1 is 0.493 bits per heavy atom. The lowest BCUT2D eigenvalue weighted by molar-refractivity contribution is -0.332. The lowest BCUT2D eigenvalue weighted by Crippen LogP contribution is -2.66. The Bertz CT molecular complexity index is 2380. The Labute approximate surface area is 407 Å². The van der Waals surface area contributed by atoms with E-state index >= 15 is 8.78 Å². The van der Waals surface area contributed by atoms with Crippen molar-refractivity contribution < 1.29 is 94.4 Å². The fourth-order valence-electron chi connectivity index (χ4n) is 8.15. The molecule has 0 N–H and O–H groups in total. The minimum atomic E-state index is -4.41. The minimum absolute atomic E-state index is 0.613. The summed E-state index contributed by atoms with van der Waals surface area (Å²) in [5, 5.41) is 20.8. The Morgan fingerprint density at radius 2 is 0.959 bits per heavy atom. The van der Waals surface area contributed by atoms with E-state index in [4.69, 9.17) is 67.9 Å². The van der Waals surface area contributed by atoms with Crippen LogP contribution in [0.3, 0.4) is 0 Å². The van der Waals surface area contributed by atoms with Crippen molar-refractivity contribution in [3.8, 4) is 0 Å². The Balaban J connectivity index is 1.94. The third-order valence-electron chi connectivity index (χ3n) is 10.7. The van der Waals surface area contributed by atoms with E-state index in [-0.39, 0.29) is 0 Å². The summed E-state index contributed by atoms with van der Waals surface area (Å²) in [6.45, 7) is 3.02. The Hall–Kier alpha value is -7.70. The highest BCUT2D eigenvalue weighted by Crippen LogP contribution is 2.43. The van der Waals surface area contributed by atoms with Gasteiger partial charge >= 0.3 is 35.8 Å². The summed E-state index contributed by atoms with van der Waals surface area (Å²) in [5.41, 5.74) is 56.7. The second-order valence-corrected chi connectivity index (χ2v) is 15.7. The lowest BCUT2D eigenvalue weighted by Gasteiger charge is -2.48. The molecule has 0 bridgehead atoms. The topological polar surface area (TPSA) is 506 Å². The van der Waals surface area contributed by atoms with Crippen molar-refractivity contribution in [1.82, 2.24) is 0 Å². The van der Waals surface area contributed by atoms with E-state index in [1.165, 1.54) is 0 Å². The molecule has 5 unspecified atom stereocenters. The summed E-state index contributed by atoms with van der Waals surface area (Å²) in [5.74, 6) is -10.8. The number of carbonyl (C=O) groups is 6. The second-order valence-electron chi connectivity index (χ2n) is 15.7. The van der Waals surface area contributed by atoms with Crippen LogP contribution >= 0.6 is 0 Å². The Kier molecular flexibility index (Phi) is 21.1. The molecule has 3 aliphatic heterocycles. The zero-order chi connectivity index (χ0) is 54.2. The van der Waals surface area contributed by atoms with Crippen molar-refractivity contribution in [2.45, 2.75) is 164 Å². The zero-order valence-corrected chi connectivity index (χ0v) is 38.9. The van der Waals surface area contributed by atoms with Gasteiger partial charge in [-0.15, -0.1) is 0 Å². The van der Waals surface area contributed by atoms with Crippen LogP contribution in [0.2, 0.25) is 0 Å². The van der Waals surface area contributed by atoms with Crippen LogP contribution in [0.1, 0.15) is 48.0 Å². The van der Waals surface area contributed by atoms with Gasteiger partial charge in [0.05, 0.1) is 31.3 Å². The van der Waals surface area contributed by atoms with Gasteiger partial charge in [-0.3, -0.25) is 28.8 Å². The van der Waals surface area contributed by atoms with E-state index in [0.29, 0.717) is 0 Å². The van der Waals surface area contributed by atoms with Crippen LogP contribution < -0.4 is 0 Å². The first-order valence-corrected chi connectivity index (χ1v) is 21.1. The summed E-state index contributed by atoms with van der Waals surface area (Å²) in [4.78, 5) is 90.6. The molecule has 1 aliphatic carbocycles. The molecule has 38 heteroatoms. The first-order chi connectivity index (χ1) is 34.6. The number of hydrogen-bond donors (Lipinski definition) is 0. The number of carbonyl (C=O) groups excluding carboxylic acids is 6. The molecule has 73 heavy (non-hydrogen) atoms. The summed E-state index contributed by atoms with van der Waals surface area (Å²) in [7, 11) is 0. The van der Waals surface area contributed by atoms with Crippen LogP contribution in [0.25, 0.3) is 62.7 Å². The maximum Gasteiger partial charge on any atom is 0.303 e. The second kappa shape index (κ2) is 26.7. The number of ether oxygens (including phenoxy) is 12. The van der Waals surface area contributed by atoms with Crippen LogP contribution in [0.4, 0.5) is 8.78 Å². The van der Waals surface area contributed by atoms with Crippen LogP contribution in [-0.4, -0.2) is 172 Å². The quantitative estimate of drug-likeness (QED) is 0.0517. The van der Waals surface area contributed by atoms with Gasteiger partial charge in [0.2, 0.25) is 0 Å². The highest BCUT2D eigenvalue weighted by atomic mass is 19.3. The van der Waals surface area contributed by atoms with Crippen molar-refractivity contribution in [2.24, 2.45) is 30.7 Å². The van der Waals surface area contributed by atoms with Gasteiger partial charge in [0, 0.05) is 71.0 Å². The summed E-state index contributed by atoms with van der Waals surface area (Å²) >= 11 is 0. The van der Waals surface area contributed by atoms with E-state index in [2.05, 4.69) is 60.2 Å². The van der Waals surface area contributed by atoms with Crippen LogP contribution in [0.5, 0.6) is 0 Å². The average Bonchev–Trinajstić information content (AvgIpc) is 3.61. The highest BCUT2D eigenvalue weighted by Gasteiger charge is 2.63. The minimum Gasteiger partial charge on any atom is -0.463 e. The lowest BCUT2D eigenvalue weighted by atomic mass is 9.83. The maximum atomic E-state index is 16.5. The number of hydrogen-bond acceptors (Lipinski definition) is 24. The first kappa shape index (κ1) is 57.9. The monoisotopic (exact) mass is 1040 g/mol. The predicted molar refractivity (Wildman–Crippen MR) is 224 cm³/mol. The standard InChI is InChI=1S/C35H44F2N18O18/c1-11(56)62-10-21-26(72-32-22(48-54-42)27(65-14(4)59)25(64-13(3)58)19(68-32)8-44-50-38)29(66-15(5)60)33(70-21)73-28-23(63-12(2)57)17(46-52-40)7-18(47-53-41)24(28)71-34-30(49-55-43)35(36,37)31(67-16(6)61)20(69-34)9-45-51-39/h17-34H,7-10H2,1-6H3/t17?,18?,19-,20+,21+,22?,23?,24+,25+,26+,27+,28+,29+,30?,31+,32+,33-,34+/m0/s1. The van der Waals surface area contributed by atoms with Crippen LogP contribution in [-0.2, 0) is 85.6 Å². The smallest absolute Gasteiger partial charge is 0.303 e. The molecular formula is C35H44F2N18O18. The molecule has 4 fully saturated rings. The van der Waals surface area contributed by atoms with Crippen molar-refractivity contribution in [3.05, 3.63) is 62.7 Å². The third kappa shape index (κ3) is 14.9. The molecule has 36 nitrogen and oxygen atoms in total. The third-order valence-corrected chi connectivity index (χ3v) is 10.7. The van der Waals surface area contributed by atoms with E-state index in [1.54, 1.807) is 0 Å². The molecule has 4 rings (SSSR count). The number of esters is 6. The zero-order valence-electron chi connectivity index (χ0n) is 38.9. The number of alkyl halides is 2. The summed E-state index contributed by atoms with van der Waals surface area (Å²) in [6.07, 6.45) is -28.5. The van der Waals surface area contributed by atoms with E-state index in [9.17, 15) is 50.9 Å². The van der Waals surface area contributed by atoms with Crippen LogP contribution in [0, 0.1) is 0 Å². The molecule has 0 aromatic carbocycles. The molecule has 0 amide bonds. The van der Waals surface area contributed by atoms with Crippen LogP contribution in [0.15, 0.2) is 30.7 Å². The van der Waals surface area contributed by atoms with Gasteiger partial charge in [-0.2, -0.15) is 0 Å². The average molecular weight is 1040 g/mol. The molecule has 3 heterocycles. The molecule has 1 saturated carbocycles. The van der Waals surface area contributed by atoms with E-state index in [1.807, 2.05) is 0 Å². The normalized spacial score (nSPS) is 34.0. The molecule has 4 aliphatic rings. The van der Waals surface area contributed by atoms with Crippen molar-refractivity contribution in [2.75, 3.05) is 19.7 Å². The number of azide groups is 6. The molecular weight excluding hydrogens is 998 g/mol. The van der Waals surface area contributed by atoms with Gasteiger partial charge in [-0.1, -0.05) is 30.7 Å². The molecule has 0 aromatic rings. The molecule has 0 aromatic heterocycles. The SMILES string of the molecule is CC(=O)OC[C@H]1O[C@@H](O[C@@H]2C(OC(C)=O)C(N=[N+]=[N-])CC(N=[N+]=[N-])[C@H]2O[C@H]2O[C@H](CN=[N+]=[N-])[C@@H](OC(C)=O)C(F)(F)C2N=[N+]=[N-])[C@H](OC(C)=O)[C@@H]1O[C@H]1O[C@@H](CN=[N+]=[N-])[C@@H](OC(C)=O)[C@H](OC(C)=O)C1N=[N+]=[N-]. The molecule has 396 valence electrons. The molecule has 0 radical (unpaired) electrons. The van der Waals surface area contributed by atoms with Gasteiger partial charge in [-0.25, -0.2) is 8.78 Å². The predicted octanol–water partition coefficient (Wildman–Crippen LogP) is 3.91. The van der Waals surface area contributed by atoms with Gasteiger partial charge in [0.15, 0.2) is 49.3 Å². The fraction of sp³-hybridized carbons (Fsp3) is 0.829. The molecule has 18 atom stereocenters. The van der Waals surface area contributed by atoms with Gasteiger partial charge in [-0.05, 0) is 39.6 Å². The summed E-state index contributed by atoms with van der Waals surface area (Å²) in [6, 6.07) is -7.92. The maximum absolute atomic E-state index is 16.5. The van der Waals surface area contributed by atoms with Gasteiger partial charge in [0.25, 0.3) is 5.92 Å². The molecule has 3 saturated heterocycles. The molecule has 0 spiro atoms. The number of halogens is 2. The fourth-order valence-corrected chi connectivity index (χ4v) is 8.15. The van der Waals surface area contributed by atoms with Gasteiger partial charge in [0.1, 0.15) is 49.3 Å². The first-order valence-electron chi connectivity index (χ1n) is 21.1. The van der Waals surface area contributed by atoms with Crippen molar-refractivity contribution >= 4 is 35.8 Å². The highest BCUT2D eigenvalue weighted by molar-refractivity contribution is 5.68. The number of rotatable bonds is 21. The van der Waals surface area contributed by atoms with E-state index < -0.39 is 178 Å². The largest absolute Gasteiger partial charge is 0.463 e. The van der Waals surface area contributed by atoms with E-state index in [0.717, 1.165) is 41.5 Å². The van der Waals surface area contributed by atoms with Gasteiger partial charge < -0.3 is 56.8 Å². The van der Waals surface area contributed by atoms with Crippen molar-refractivity contribution in [1.29, 1.82) is 0 Å². The Morgan fingerprint density at radius 3 is 1.49 bits per heavy atom. The summed E-state index contributed by atoms with van der Waals surface area (Å²) < 4.78 is 101. The van der Waals surface area contributed by atoms with Crippen molar-refractivity contribution in [3.63, 3.8) is 0 Å². The number of nitrogens with zero attached hydrogens (tertiary/aromatic N) is 18.